The van der Waals surface area contributed by atoms with Crippen LogP contribution < -0.4 is 4.31 Å². The lowest BCUT2D eigenvalue weighted by Gasteiger charge is -2.25. The van der Waals surface area contributed by atoms with Crippen LogP contribution in [-0.2, 0) is 33.9 Å². The van der Waals surface area contributed by atoms with E-state index in [1.165, 1.54) is 24.3 Å². The third kappa shape index (κ3) is 5.68. The number of hydrogen-bond acceptors (Lipinski definition) is 6. The van der Waals surface area contributed by atoms with Crippen molar-refractivity contribution < 1.29 is 27.1 Å². The molecule has 180 valence electrons. The molecule has 0 saturated carbocycles. The number of nitrogens with zero attached hydrogens (tertiary/aromatic N) is 1. The number of aromatic carboxylic acids is 1. The highest BCUT2D eigenvalue weighted by atomic mass is 32.2. The van der Waals surface area contributed by atoms with Gasteiger partial charge in [0.05, 0.1) is 27.4 Å². The molecule has 1 atom stereocenters. The minimum absolute atomic E-state index is 0.0503. The lowest BCUT2D eigenvalue weighted by molar-refractivity contribution is 0.0696. The molecule has 0 amide bonds. The van der Waals surface area contributed by atoms with Crippen molar-refractivity contribution >= 4 is 49.1 Å². The molecule has 0 spiro atoms. The number of carboxylic acid groups (broad SMARTS) is 1. The summed E-state index contributed by atoms with van der Waals surface area (Å²) in [6.45, 7) is 0. The summed E-state index contributed by atoms with van der Waals surface area (Å²) in [6.07, 6.45) is 1.27. The summed E-state index contributed by atoms with van der Waals surface area (Å²) in [5.41, 5.74) is 2.45. The Morgan fingerprint density at radius 2 is 1.57 bits per heavy atom. The largest absolute Gasteiger partial charge is 0.755 e. The van der Waals surface area contributed by atoms with Crippen molar-refractivity contribution in [2.24, 2.45) is 0 Å². The van der Waals surface area contributed by atoms with Crippen LogP contribution in [0.25, 0.3) is 0 Å². The molecule has 0 radical (unpaired) electrons. The SMILES string of the molecule is O=C(O)c1cccc(CCc2ccc(N(c3ccc(S(=O)(=O)c4ccccc4)s3)S(=O)[O-])cc2)c1. The summed E-state index contributed by atoms with van der Waals surface area (Å²) in [5, 5.41) is 9.39. The Bertz CT molecular complexity index is 1460. The van der Waals surface area contributed by atoms with Crippen LogP contribution in [0.4, 0.5) is 10.7 Å². The van der Waals surface area contributed by atoms with Crippen molar-refractivity contribution in [2.45, 2.75) is 21.9 Å². The Labute approximate surface area is 209 Å². The number of anilines is 2. The average Bonchev–Trinajstić information content (AvgIpc) is 3.35. The molecule has 1 N–H and O–H groups in total. The Balaban J connectivity index is 1.52. The number of thiophene rings is 1. The molecule has 35 heavy (non-hydrogen) atoms. The minimum atomic E-state index is -3.75. The predicted octanol–water partition coefficient (Wildman–Crippen LogP) is 5.00. The van der Waals surface area contributed by atoms with E-state index in [-0.39, 0.29) is 19.7 Å². The zero-order valence-corrected chi connectivity index (χ0v) is 20.7. The van der Waals surface area contributed by atoms with Crippen molar-refractivity contribution in [3.05, 3.63) is 108 Å². The van der Waals surface area contributed by atoms with Gasteiger partial charge < -0.3 is 9.66 Å². The van der Waals surface area contributed by atoms with E-state index in [1.54, 1.807) is 60.7 Å². The first kappa shape index (κ1) is 24.8. The van der Waals surface area contributed by atoms with Crippen molar-refractivity contribution in [1.29, 1.82) is 0 Å². The highest BCUT2D eigenvalue weighted by molar-refractivity contribution is 7.93. The van der Waals surface area contributed by atoms with Crippen molar-refractivity contribution in [2.75, 3.05) is 4.31 Å². The maximum Gasteiger partial charge on any atom is 0.335 e. The van der Waals surface area contributed by atoms with E-state index in [0.717, 1.165) is 26.8 Å². The van der Waals surface area contributed by atoms with Crippen LogP contribution in [-0.4, -0.2) is 28.3 Å². The highest BCUT2D eigenvalue weighted by Crippen LogP contribution is 2.37. The van der Waals surface area contributed by atoms with Gasteiger partial charge in [-0.2, -0.15) is 0 Å². The number of rotatable bonds is 9. The van der Waals surface area contributed by atoms with Gasteiger partial charge in [0.25, 0.3) is 0 Å². The smallest absolute Gasteiger partial charge is 0.335 e. The molecule has 4 rings (SSSR count). The molecule has 0 saturated heterocycles. The van der Waals surface area contributed by atoms with E-state index in [2.05, 4.69) is 0 Å². The molecule has 1 unspecified atom stereocenters. The van der Waals surface area contributed by atoms with Crippen molar-refractivity contribution in [1.82, 2.24) is 0 Å². The van der Waals surface area contributed by atoms with Gasteiger partial charge in [-0.05, 0) is 72.5 Å². The van der Waals surface area contributed by atoms with Crippen LogP contribution in [0, 0.1) is 0 Å². The topological polar surface area (TPSA) is 115 Å². The maximum atomic E-state index is 12.9. The second-order valence-electron chi connectivity index (χ2n) is 7.59. The van der Waals surface area contributed by atoms with E-state index in [0.29, 0.717) is 18.5 Å². The van der Waals surface area contributed by atoms with Crippen molar-refractivity contribution in [3.63, 3.8) is 0 Å². The standard InChI is InChI=1S/C25H21NO6S3/c27-25(28)20-6-4-5-19(17-20)10-9-18-11-13-21(14-12-18)26(34(29)30)23-15-16-24(33-23)35(31,32)22-7-2-1-3-8-22/h1-8,11-17H,9-10H2,(H,27,28)(H,29,30)/p-1. The molecule has 4 aromatic rings. The lowest BCUT2D eigenvalue weighted by atomic mass is 10.0. The third-order valence-corrected chi connectivity index (χ3v) is 9.43. The van der Waals surface area contributed by atoms with Crippen LogP contribution in [0.1, 0.15) is 21.5 Å². The summed E-state index contributed by atoms with van der Waals surface area (Å²) < 4.78 is 50.9. The van der Waals surface area contributed by atoms with Gasteiger partial charge >= 0.3 is 5.97 Å². The van der Waals surface area contributed by atoms with Gasteiger partial charge in [0.2, 0.25) is 9.84 Å². The van der Waals surface area contributed by atoms with Gasteiger partial charge in [-0.15, -0.1) is 11.3 Å². The summed E-state index contributed by atoms with van der Waals surface area (Å²) in [6, 6.07) is 24.5. The third-order valence-electron chi connectivity index (χ3n) is 5.28. The average molecular weight is 527 g/mol. The van der Waals surface area contributed by atoms with E-state index < -0.39 is 27.1 Å². The summed E-state index contributed by atoms with van der Waals surface area (Å²) in [7, 11) is -3.75. The maximum absolute atomic E-state index is 12.9. The Hall–Kier alpha value is -3.31. The van der Waals surface area contributed by atoms with Gasteiger partial charge in [-0.1, -0.05) is 42.5 Å². The zero-order valence-electron chi connectivity index (χ0n) is 18.2. The molecule has 0 aliphatic rings. The van der Waals surface area contributed by atoms with Gasteiger partial charge in [-0.25, -0.2) is 13.2 Å². The summed E-state index contributed by atoms with van der Waals surface area (Å²) in [4.78, 5) is 11.3. The molecule has 1 aromatic heterocycles. The monoisotopic (exact) mass is 526 g/mol. The molecule has 3 aromatic carbocycles. The summed E-state index contributed by atoms with van der Waals surface area (Å²) in [5.74, 6) is -0.977. The molecular formula is C25H20NO6S3-. The lowest BCUT2D eigenvalue weighted by Crippen LogP contribution is -2.18. The van der Waals surface area contributed by atoms with E-state index in [9.17, 15) is 22.0 Å². The second kappa shape index (κ2) is 10.5. The Morgan fingerprint density at radius 3 is 2.23 bits per heavy atom. The molecule has 1 heterocycles. The Kier molecular flexibility index (Phi) is 7.46. The number of benzene rings is 3. The summed E-state index contributed by atoms with van der Waals surface area (Å²) >= 11 is -1.79. The molecule has 10 heteroatoms. The fourth-order valence-electron chi connectivity index (χ4n) is 3.51. The predicted molar refractivity (Wildman–Crippen MR) is 135 cm³/mol. The van der Waals surface area contributed by atoms with E-state index >= 15 is 0 Å². The van der Waals surface area contributed by atoms with Crippen LogP contribution in [0.15, 0.2) is 100 Å². The van der Waals surface area contributed by atoms with Gasteiger partial charge in [-0.3, -0.25) is 8.51 Å². The molecule has 0 aliphatic carbocycles. The fraction of sp³-hybridized carbons (Fsp3) is 0.0800. The normalized spacial score (nSPS) is 12.3. The first-order chi connectivity index (χ1) is 16.8. The van der Waals surface area contributed by atoms with Crippen LogP contribution in [0.5, 0.6) is 0 Å². The molecule has 7 nitrogen and oxygen atoms in total. The number of carbonyl (C=O) groups is 1. The number of sulfone groups is 1. The molecule has 0 fully saturated rings. The zero-order chi connectivity index (χ0) is 25.0. The molecule has 0 aliphatic heterocycles. The Morgan fingerprint density at radius 1 is 0.886 bits per heavy atom. The molecular weight excluding hydrogens is 506 g/mol. The quantitative estimate of drug-likeness (QED) is 0.307. The van der Waals surface area contributed by atoms with Gasteiger partial charge in [0.1, 0.15) is 9.21 Å². The first-order valence-corrected chi connectivity index (χ1v) is 13.8. The van der Waals surface area contributed by atoms with Gasteiger partial charge in [0, 0.05) is 0 Å². The van der Waals surface area contributed by atoms with Crippen LogP contribution >= 0.6 is 11.3 Å². The molecule has 0 bridgehead atoms. The number of hydrogen-bond donors (Lipinski definition) is 1. The first-order valence-electron chi connectivity index (χ1n) is 10.5. The highest BCUT2D eigenvalue weighted by Gasteiger charge is 2.22. The fourth-order valence-corrected chi connectivity index (χ4v) is 6.95. The van der Waals surface area contributed by atoms with E-state index in [4.69, 9.17) is 5.11 Å². The minimum Gasteiger partial charge on any atom is -0.755 e. The second-order valence-corrected chi connectivity index (χ2v) is 11.6. The van der Waals surface area contributed by atoms with Crippen LogP contribution in [0.2, 0.25) is 0 Å². The number of carboxylic acids is 1. The van der Waals surface area contributed by atoms with Crippen LogP contribution in [0.3, 0.4) is 0 Å². The van der Waals surface area contributed by atoms with E-state index in [1.807, 2.05) is 6.07 Å². The van der Waals surface area contributed by atoms with Gasteiger partial charge in [0.15, 0.2) is 0 Å². The van der Waals surface area contributed by atoms with Crippen molar-refractivity contribution in [3.8, 4) is 0 Å². The number of aryl methyl sites for hydroxylation is 2.